The molecule has 0 aliphatic heterocycles. The summed E-state index contributed by atoms with van der Waals surface area (Å²) < 4.78 is 112. The summed E-state index contributed by atoms with van der Waals surface area (Å²) in [5.74, 6) is -8.12. The predicted molar refractivity (Wildman–Crippen MR) is 144 cm³/mol. The van der Waals surface area contributed by atoms with Crippen LogP contribution in [0.5, 0.6) is 11.6 Å². The Morgan fingerprint density at radius 3 is 2.33 bits per heavy atom. The maximum Gasteiger partial charge on any atom is 0.390 e. The zero-order valence-corrected chi connectivity index (χ0v) is 22.7. The maximum atomic E-state index is 14.8. The van der Waals surface area contributed by atoms with Gasteiger partial charge in [-0.1, -0.05) is 0 Å². The van der Waals surface area contributed by atoms with Gasteiger partial charge in [-0.2, -0.15) is 17.6 Å². The molecule has 0 bridgehead atoms. The molecule has 16 heteroatoms. The first-order chi connectivity index (χ1) is 19.7. The van der Waals surface area contributed by atoms with Gasteiger partial charge < -0.3 is 15.0 Å². The monoisotopic (exact) mass is 612 g/mol. The van der Waals surface area contributed by atoms with Crippen LogP contribution in [0.25, 0.3) is 11.3 Å². The van der Waals surface area contributed by atoms with Crippen LogP contribution in [0.15, 0.2) is 60.9 Å². The smallest absolute Gasteiger partial charge is 0.390 e. The molecule has 2 N–H and O–H groups in total. The van der Waals surface area contributed by atoms with Gasteiger partial charge in [-0.15, -0.1) is 0 Å². The van der Waals surface area contributed by atoms with E-state index < -0.39 is 57.3 Å². The Bertz CT molecular complexity index is 1690. The van der Waals surface area contributed by atoms with Crippen molar-refractivity contribution < 1.29 is 39.5 Å². The van der Waals surface area contributed by atoms with Gasteiger partial charge in [0, 0.05) is 43.9 Å². The van der Waals surface area contributed by atoms with E-state index in [1.54, 1.807) is 0 Å². The molecule has 0 atom stereocenters. The number of alkyl halides is 3. The minimum absolute atomic E-state index is 0.183. The molecule has 0 saturated heterocycles. The molecule has 2 heterocycles. The molecule has 4 rings (SSSR count). The number of pyridine rings is 1. The number of ether oxygens (including phenoxy) is 1. The van der Waals surface area contributed by atoms with Crippen molar-refractivity contribution in [3.8, 4) is 22.9 Å². The number of nitrogens with one attached hydrogen (secondary N) is 2. The van der Waals surface area contributed by atoms with E-state index in [2.05, 4.69) is 20.3 Å². The number of rotatable bonds is 10. The van der Waals surface area contributed by atoms with Gasteiger partial charge in [0.25, 0.3) is 0 Å². The Balaban J connectivity index is 1.58. The van der Waals surface area contributed by atoms with E-state index in [4.69, 9.17) is 4.74 Å². The van der Waals surface area contributed by atoms with Crippen molar-refractivity contribution in [2.24, 2.45) is 0 Å². The lowest BCUT2D eigenvalue weighted by molar-refractivity contribution is -0.129. The predicted octanol–water partition coefficient (Wildman–Crippen LogP) is 6.25. The third kappa shape index (κ3) is 7.57. The van der Waals surface area contributed by atoms with E-state index in [1.165, 1.54) is 35.3 Å². The highest BCUT2D eigenvalue weighted by Crippen LogP contribution is 2.36. The van der Waals surface area contributed by atoms with Gasteiger partial charge in [-0.25, -0.2) is 32.2 Å². The first kappa shape index (κ1) is 30.4. The minimum atomic E-state index is -4.87. The molecule has 0 aliphatic carbocycles. The zero-order valence-electron chi connectivity index (χ0n) is 21.9. The van der Waals surface area contributed by atoms with E-state index in [0.717, 1.165) is 5.69 Å². The minimum Gasteiger partial charge on any atom is -0.435 e. The highest BCUT2D eigenvalue weighted by Gasteiger charge is 2.31. The van der Waals surface area contributed by atoms with Crippen LogP contribution >= 0.6 is 0 Å². The van der Waals surface area contributed by atoms with Crippen molar-refractivity contribution in [3.05, 3.63) is 78.4 Å². The largest absolute Gasteiger partial charge is 0.435 e. The second kappa shape index (κ2) is 12.1. The standard InChI is InChI=1S/C26H22F6N6O3S/c1-38(2)16-7-5-15(6-8-16)35-25-34-12-9-19(36-25)17-4-3-11-33-24(17)41-20-14-18(27)23(22(29)21(20)28)37-42(39,40)13-10-26(30,31)32/h3-9,11-12,14,37H,10,13H2,1-2H3,(H,34,35,36). The molecule has 2 aromatic carbocycles. The molecule has 0 spiro atoms. The highest BCUT2D eigenvalue weighted by molar-refractivity contribution is 7.92. The van der Waals surface area contributed by atoms with Crippen LogP contribution in [-0.2, 0) is 10.0 Å². The van der Waals surface area contributed by atoms with Gasteiger partial charge in [-0.05, 0) is 42.5 Å². The van der Waals surface area contributed by atoms with Crippen LogP contribution in [0, 0.1) is 17.5 Å². The van der Waals surface area contributed by atoms with Crippen molar-refractivity contribution in [2.45, 2.75) is 12.6 Å². The van der Waals surface area contributed by atoms with Crippen molar-refractivity contribution >= 4 is 33.0 Å². The second-order valence-corrected chi connectivity index (χ2v) is 10.8. The van der Waals surface area contributed by atoms with Crippen LogP contribution in [-0.4, -0.2) is 49.4 Å². The lowest BCUT2D eigenvalue weighted by Gasteiger charge is -2.15. The molecule has 0 amide bonds. The number of nitrogens with zero attached hydrogens (tertiary/aromatic N) is 4. The Morgan fingerprint density at radius 2 is 1.67 bits per heavy atom. The molecule has 0 saturated carbocycles. The molecule has 9 nitrogen and oxygen atoms in total. The summed E-state index contributed by atoms with van der Waals surface area (Å²) in [6, 6.07) is 12.2. The topological polar surface area (TPSA) is 109 Å². The van der Waals surface area contributed by atoms with Crippen LogP contribution in [0.4, 0.5) is 49.4 Å². The van der Waals surface area contributed by atoms with E-state index in [0.29, 0.717) is 11.8 Å². The summed E-state index contributed by atoms with van der Waals surface area (Å²) in [6.07, 6.45) is -3.93. The Morgan fingerprint density at radius 1 is 0.952 bits per heavy atom. The first-order valence-electron chi connectivity index (χ1n) is 12.0. The van der Waals surface area contributed by atoms with E-state index >= 15 is 0 Å². The number of hydrogen-bond acceptors (Lipinski definition) is 8. The van der Waals surface area contributed by atoms with Crippen LogP contribution in [0.1, 0.15) is 6.42 Å². The van der Waals surface area contributed by atoms with Gasteiger partial charge in [0.2, 0.25) is 27.7 Å². The average molecular weight is 613 g/mol. The Hall–Kier alpha value is -4.60. The summed E-state index contributed by atoms with van der Waals surface area (Å²) in [5.41, 5.74) is 0.592. The molecule has 0 radical (unpaired) electrons. The molecule has 4 aromatic rings. The number of benzene rings is 2. The molecular formula is C26H22F6N6O3S. The molecule has 222 valence electrons. The van der Waals surface area contributed by atoms with Crippen molar-refractivity contribution in [3.63, 3.8) is 0 Å². The summed E-state index contributed by atoms with van der Waals surface area (Å²) >= 11 is 0. The number of hydrogen-bond donors (Lipinski definition) is 2. The third-order valence-corrected chi connectivity index (χ3v) is 6.84. The van der Waals surface area contributed by atoms with Gasteiger partial charge in [0.1, 0.15) is 5.69 Å². The van der Waals surface area contributed by atoms with Gasteiger partial charge in [0.05, 0.1) is 23.4 Å². The quantitative estimate of drug-likeness (QED) is 0.160. The Kier molecular flexibility index (Phi) is 8.75. The van der Waals surface area contributed by atoms with Crippen molar-refractivity contribution in [2.75, 3.05) is 34.8 Å². The van der Waals surface area contributed by atoms with E-state index in [-0.39, 0.29) is 23.1 Å². The van der Waals surface area contributed by atoms with Crippen LogP contribution in [0.3, 0.4) is 0 Å². The molecular weight excluding hydrogens is 590 g/mol. The third-order valence-electron chi connectivity index (χ3n) is 5.59. The fourth-order valence-corrected chi connectivity index (χ4v) is 4.61. The summed E-state index contributed by atoms with van der Waals surface area (Å²) in [6.45, 7) is 0. The molecule has 0 fully saturated rings. The first-order valence-corrected chi connectivity index (χ1v) is 13.6. The number of anilines is 4. The summed E-state index contributed by atoms with van der Waals surface area (Å²) in [7, 11) is -1.07. The van der Waals surface area contributed by atoms with Gasteiger partial charge in [0.15, 0.2) is 17.4 Å². The summed E-state index contributed by atoms with van der Waals surface area (Å²) in [4.78, 5) is 14.5. The summed E-state index contributed by atoms with van der Waals surface area (Å²) in [5, 5.41) is 3.04. The maximum absolute atomic E-state index is 14.8. The van der Waals surface area contributed by atoms with Gasteiger partial charge >= 0.3 is 6.18 Å². The number of aromatic nitrogens is 3. The molecule has 0 aliphatic rings. The fourth-order valence-electron chi connectivity index (χ4n) is 3.51. The highest BCUT2D eigenvalue weighted by atomic mass is 32.2. The number of halogens is 6. The Labute approximate surface area is 236 Å². The normalized spacial score (nSPS) is 11.7. The van der Waals surface area contributed by atoms with Gasteiger partial charge in [-0.3, -0.25) is 4.72 Å². The SMILES string of the molecule is CN(C)c1ccc(Nc2nccc(-c3cccnc3Oc3cc(F)c(NS(=O)(=O)CCC(F)(F)F)c(F)c3F)n2)cc1. The van der Waals surface area contributed by atoms with E-state index in [1.807, 2.05) is 43.3 Å². The van der Waals surface area contributed by atoms with Crippen molar-refractivity contribution in [1.82, 2.24) is 15.0 Å². The van der Waals surface area contributed by atoms with Crippen LogP contribution in [0.2, 0.25) is 0 Å². The molecule has 42 heavy (non-hydrogen) atoms. The molecule has 0 unspecified atom stereocenters. The van der Waals surface area contributed by atoms with Crippen LogP contribution < -0.4 is 19.7 Å². The van der Waals surface area contributed by atoms with E-state index in [9.17, 15) is 34.8 Å². The molecule has 2 aromatic heterocycles. The average Bonchev–Trinajstić information content (AvgIpc) is 2.93. The zero-order chi connectivity index (χ0) is 30.7. The number of sulfonamides is 1. The second-order valence-electron chi connectivity index (χ2n) is 8.94. The fraction of sp³-hybridized carbons (Fsp3) is 0.192. The lowest BCUT2D eigenvalue weighted by Crippen LogP contribution is -2.23. The van der Waals surface area contributed by atoms with Crippen molar-refractivity contribution in [1.29, 1.82) is 0 Å². The lowest BCUT2D eigenvalue weighted by atomic mass is 10.2.